The van der Waals surface area contributed by atoms with Gasteiger partial charge in [-0.15, -0.1) is 0 Å². The van der Waals surface area contributed by atoms with Crippen LogP contribution >= 0.6 is 23.4 Å². The Kier molecular flexibility index (Phi) is 5.07. The second-order valence-electron chi connectivity index (χ2n) is 5.09. The molecule has 0 amide bonds. The molecule has 2 aromatic carbocycles. The van der Waals surface area contributed by atoms with E-state index in [9.17, 15) is 0 Å². The standard InChI is InChI=1S/C17H18ClNOS/c18-15-4-6-16(7-5-15)20-17-3-1-2-14(12-17)13-19-8-10-21-11-9-19/h1-7,12H,8-11,13H2. The maximum Gasteiger partial charge on any atom is 0.127 e. The number of hydrogen-bond donors (Lipinski definition) is 0. The van der Waals surface area contributed by atoms with Crippen molar-refractivity contribution in [3.63, 3.8) is 0 Å². The van der Waals surface area contributed by atoms with E-state index < -0.39 is 0 Å². The predicted octanol–water partition coefficient (Wildman–Crippen LogP) is 4.68. The van der Waals surface area contributed by atoms with Crippen LogP contribution in [-0.2, 0) is 6.54 Å². The van der Waals surface area contributed by atoms with Crippen LogP contribution in [-0.4, -0.2) is 29.5 Å². The van der Waals surface area contributed by atoms with Gasteiger partial charge in [-0.05, 0) is 42.0 Å². The number of ether oxygens (including phenoxy) is 1. The lowest BCUT2D eigenvalue weighted by Crippen LogP contribution is -2.31. The number of nitrogens with zero attached hydrogens (tertiary/aromatic N) is 1. The van der Waals surface area contributed by atoms with Gasteiger partial charge < -0.3 is 4.74 Å². The molecule has 110 valence electrons. The lowest BCUT2D eigenvalue weighted by Gasteiger charge is -2.26. The molecule has 1 aliphatic rings. The van der Waals surface area contributed by atoms with E-state index in [-0.39, 0.29) is 0 Å². The van der Waals surface area contributed by atoms with Crippen LogP contribution in [0.2, 0.25) is 5.02 Å². The first-order valence-corrected chi connectivity index (χ1v) is 8.65. The Morgan fingerprint density at radius 2 is 1.76 bits per heavy atom. The molecule has 3 rings (SSSR count). The molecule has 2 aromatic rings. The highest BCUT2D eigenvalue weighted by Crippen LogP contribution is 2.24. The smallest absolute Gasteiger partial charge is 0.127 e. The first-order valence-electron chi connectivity index (χ1n) is 7.12. The van der Waals surface area contributed by atoms with E-state index in [1.165, 1.54) is 30.2 Å². The van der Waals surface area contributed by atoms with E-state index in [0.29, 0.717) is 0 Å². The van der Waals surface area contributed by atoms with Crippen molar-refractivity contribution in [2.24, 2.45) is 0 Å². The predicted molar refractivity (Wildman–Crippen MR) is 90.6 cm³/mol. The van der Waals surface area contributed by atoms with Crippen LogP contribution < -0.4 is 4.74 Å². The molecule has 1 aliphatic heterocycles. The quantitative estimate of drug-likeness (QED) is 0.811. The molecule has 4 heteroatoms. The molecule has 1 fully saturated rings. The third-order valence-corrected chi connectivity index (χ3v) is 4.65. The summed E-state index contributed by atoms with van der Waals surface area (Å²) in [4.78, 5) is 2.50. The fourth-order valence-corrected chi connectivity index (χ4v) is 3.47. The first kappa shape index (κ1) is 14.8. The van der Waals surface area contributed by atoms with Crippen LogP contribution in [0.4, 0.5) is 0 Å². The Hall–Kier alpha value is -1.16. The summed E-state index contributed by atoms with van der Waals surface area (Å²) in [6, 6.07) is 15.8. The van der Waals surface area contributed by atoms with E-state index in [2.05, 4.69) is 23.1 Å². The van der Waals surface area contributed by atoms with Crippen molar-refractivity contribution >= 4 is 23.4 Å². The SMILES string of the molecule is Clc1ccc(Oc2cccc(CN3CCSCC3)c2)cc1. The lowest BCUT2D eigenvalue weighted by molar-refractivity contribution is 0.294. The molecule has 0 aromatic heterocycles. The highest BCUT2D eigenvalue weighted by Gasteiger charge is 2.11. The Bertz CT molecular complexity index is 582. The van der Waals surface area contributed by atoms with Gasteiger partial charge in [0.05, 0.1) is 0 Å². The van der Waals surface area contributed by atoms with Gasteiger partial charge in [-0.2, -0.15) is 11.8 Å². The molecular weight excluding hydrogens is 302 g/mol. The van der Waals surface area contributed by atoms with Gasteiger partial charge in [0.1, 0.15) is 11.5 Å². The molecule has 0 N–H and O–H groups in total. The number of hydrogen-bond acceptors (Lipinski definition) is 3. The first-order chi connectivity index (χ1) is 10.3. The zero-order chi connectivity index (χ0) is 14.5. The van der Waals surface area contributed by atoms with Gasteiger partial charge in [-0.25, -0.2) is 0 Å². The largest absolute Gasteiger partial charge is 0.457 e. The van der Waals surface area contributed by atoms with Crippen molar-refractivity contribution in [1.82, 2.24) is 4.90 Å². The highest BCUT2D eigenvalue weighted by molar-refractivity contribution is 7.99. The summed E-state index contributed by atoms with van der Waals surface area (Å²) in [6.45, 7) is 3.35. The minimum absolute atomic E-state index is 0.721. The van der Waals surface area contributed by atoms with Crippen molar-refractivity contribution in [1.29, 1.82) is 0 Å². The average Bonchev–Trinajstić information content (AvgIpc) is 2.51. The second kappa shape index (κ2) is 7.21. The van der Waals surface area contributed by atoms with Crippen LogP contribution in [0.1, 0.15) is 5.56 Å². The maximum absolute atomic E-state index is 5.89. The summed E-state index contributed by atoms with van der Waals surface area (Å²) in [7, 11) is 0. The molecule has 21 heavy (non-hydrogen) atoms. The molecule has 2 nitrogen and oxygen atoms in total. The molecule has 0 bridgehead atoms. The molecule has 1 saturated heterocycles. The third-order valence-electron chi connectivity index (χ3n) is 3.46. The zero-order valence-electron chi connectivity index (χ0n) is 11.8. The number of rotatable bonds is 4. The highest BCUT2D eigenvalue weighted by atomic mass is 35.5. The van der Waals surface area contributed by atoms with Crippen LogP contribution in [0.5, 0.6) is 11.5 Å². The van der Waals surface area contributed by atoms with Crippen LogP contribution in [0.25, 0.3) is 0 Å². The summed E-state index contributed by atoms with van der Waals surface area (Å²) in [5.74, 6) is 4.16. The van der Waals surface area contributed by atoms with Gasteiger partial charge in [0.15, 0.2) is 0 Å². The minimum atomic E-state index is 0.721. The van der Waals surface area contributed by atoms with E-state index in [1.54, 1.807) is 0 Å². The fraction of sp³-hybridized carbons (Fsp3) is 0.294. The number of benzene rings is 2. The minimum Gasteiger partial charge on any atom is -0.457 e. The van der Waals surface area contributed by atoms with E-state index in [4.69, 9.17) is 16.3 Å². The monoisotopic (exact) mass is 319 g/mol. The van der Waals surface area contributed by atoms with Gasteiger partial charge in [0.25, 0.3) is 0 Å². The maximum atomic E-state index is 5.89. The van der Waals surface area contributed by atoms with Gasteiger partial charge in [-0.1, -0.05) is 23.7 Å². The summed E-state index contributed by atoms with van der Waals surface area (Å²) in [6.07, 6.45) is 0. The van der Waals surface area contributed by atoms with Gasteiger partial charge in [-0.3, -0.25) is 4.90 Å². The Morgan fingerprint density at radius 3 is 2.52 bits per heavy atom. The van der Waals surface area contributed by atoms with Crippen LogP contribution in [0, 0.1) is 0 Å². The molecule has 1 heterocycles. The van der Waals surface area contributed by atoms with Crippen molar-refractivity contribution in [3.8, 4) is 11.5 Å². The molecular formula is C17H18ClNOS. The molecule has 0 aliphatic carbocycles. The molecule has 0 unspecified atom stereocenters. The lowest BCUT2D eigenvalue weighted by atomic mass is 10.2. The fourth-order valence-electron chi connectivity index (χ4n) is 2.36. The molecule has 0 atom stereocenters. The summed E-state index contributed by atoms with van der Waals surface area (Å²) < 4.78 is 5.88. The third kappa shape index (κ3) is 4.40. The van der Waals surface area contributed by atoms with E-state index in [0.717, 1.165) is 23.1 Å². The van der Waals surface area contributed by atoms with Gasteiger partial charge >= 0.3 is 0 Å². The normalized spacial score (nSPS) is 15.9. The van der Waals surface area contributed by atoms with Crippen LogP contribution in [0.15, 0.2) is 48.5 Å². The average molecular weight is 320 g/mol. The summed E-state index contributed by atoms with van der Waals surface area (Å²) in [5, 5.41) is 0.721. The number of thioether (sulfide) groups is 1. The second-order valence-corrected chi connectivity index (χ2v) is 6.75. The topological polar surface area (TPSA) is 12.5 Å². The Labute approximate surface area is 135 Å². The van der Waals surface area contributed by atoms with Crippen molar-refractivity contribution in [3.05, 3.63) is 59.1 Å². The molecule has 0 radical (unpaired) electrons. The van der Waals surface area contributed by atoms with Crippen LogP contribution in [0.3, 0.4) is 0 Å². The Morgan fingerprint density at radius 1 is 1.00 bits per heavy atom. The number of halogens is 1. The molecule has 0 spiro atoms. The zero-order valence-corrected chi connectivity index (χ0v) is 13.4. The van der Waals surface area contributed by atoms with Crippen molar-refractivity contribution in [2.45, 2.75) is 6.54 Å². The van der Waals surface area contributed by atoms with Gasteiger partial charge in [0, 0.05) is 36.2 Å². The Balaban J connectivity index is 1.66. The van der Waals surface area contributed by atoms with Gasteiger partial charge in [0.2, 0.25) is 0 Å². The van der Waals surface area contributed by atoms with E-state index >= 15 is 0 Å². The van der Waals surface area contributed by atoms with Crippen molar-refractivity contribution in [2.75, 3.05) is 24.6 Å². The summed E-state index contributed by atoms with van der Waals surface area (Å²) >= 11 is 7.92. The molecule has 0 saturated carbocycles. The van der Waals surface area contributed by atoms with E-state index in [1.807, 2.05) is 42.1 Å². The van der Waals surface area contributed by atoms with Crippen molar-refractivity contribution < 1.29 is 4.74 Å². The summed E-state index contributed by atoms with van der Waals surface area (Å²) in [5.41, 5.74) is 1.30.